The van der Waals surface area contributed by atoms with Crippen molar-refractivity contribution in [3.05, 3.63) is 30.5 Å². The van der Waals surface area contributed by atoms with Crippen LogP contribution >= 0.6 is 0 Å². The van der Waals surface area contributed by atoms with Gasteiger partial charge in [0.25, 0.3) is 0 Å². The Morgan fingerprint density at radius 1 is 1.24 bits per heavy atom. The number of rotatable bonds is 2. The highest BCUT2D eigenvalue weighted by Gasteiger charge is 2.42. The molecule has 1 saturated heterocycles. The predicted molar refractivity (Wildman–Crippen MR) is 82.7 cm³/mol. The lowest BCUT2D eigenvalue weighted by Gasteiger charge is -2.21. The monoisotopic (exact) mass is 284 g/mol. The summed E-state index contributed by atoms with van der Waals surface area (Å²) in [5.74, 6) is 2.90. The first-order valence-corrected chi connectivity index (χ1v) is 7.62. The highest BCUT2D eigenvalue weighted by atomic mass is 16.5. The van der Waals surface area contributed by atoms with Gasteiger partial charge >= 0.3 is 0 Å². The van der Waals surface area contributed by atoms with Crippen molar-refractivity contribution in [3.63, 3.8) is 0 Å². The van der Waals surface area contributed by atoms with Crippen molar-refractivity contribution in [1.29, 1.82) is 0 Å². The van der Waals surface area contributed by atoms with Crippen LogP contribution in [0.2, 0.25) is 0 Å². The number of hydrogen-bond donors (Lipinski definition) is 1. The minimum Gasteiger partial charge on any atom is -0.497 e. The van der Waals surface area contributed by atoms with Crippen LogP contribution in [-0.4, -0.2) is 36.4 Å². The number of aromatic nitrogens is 1. The van der Waals surface area contributed by atoms with Crippen LogP contribution in [0.1, 0.15) is 12.8 Å². The molecule has 1 aromatic carbocycles. The topological polar surface area (TPSA) is 45.6 Å². The fourth-order valence-electron chi connectivity index (χ4n) is 3.92. The third-order valence-corrected chi connectivity index (χ3v) is 5.07. The van der Waals surface area contributed by atoms with Gasteiger partial charge in [-0.25, -0.2) is 4.98 Å². The zero-order valence-electron chi connectivity index (χ0n) is 12.2. The molecule has 1 saturated carbocycles. The van der Waals surface area contributed by atoms with Gasteiger partial charge in [0.1, 0.15) is 11.6 Å². The molecule has 0 amide bonds. The maximum absolute atomic E-state index is 10.1. The van der Waals surface area contributed by atoms with Gasteiger partial charge in [-0.3, -0.25) is 0 Å². The quantitative estimate of drug-likeness (QED) is 0.920. The Balaban J connectivity index is 1.73. The molecule has 4 rings (SSSR count). The first-order valence-electron chi connectivity index (χ1n) is 7.62. The maximum Gasteiger partial charge on any atom is 0.136 e. The molecule has 1 aliphatic carbocycles. The van der Waals surface area contributed by atoms with E-state index >= 15 is 0 Å². The summed E-state index contributed by atoms with van der Waals surface area (Å²) >= 11 is 0. The molecule has 2 heterocycles. The number of fused-ring (bicyclic) bond motifs is 2. The van der Waals surface area contributed by atoms with E-state index in [1.807, 2.05) is 18.3 Å². The summed E-state index contributed by atoms with van der Waals surface area (Å²) in [4.78, 5) is 6.94. The summed E-state index contributed by atoms with van der Waals surface area (Å²) < 4.78 is 5.35. The first kappa shape index (κ1) is 12.9. The largest absolute Gasteiger partial charge is 0.497 e. The van der Waals surface area contributed by atoms with Crippen molar-refractivity contribution in [2.24, 2.45) is 11.8 Å². The number of ether oxygens (including phenoxy) is 1. The van der Waals surface area contributed by atoms with E-state index < -0.39 is 0 Å². The molecule has 4 nitrogen and oxygen atoms in total. The van der Waals surface area contributed by atoms with E-state index in [4.69, 9.17) is 4.74 Å². The standard InChI is InChI=1S/C17H20N2O2/c1-21-13-4-2-11-6-7-18-17(14(11)8-13)19-9-12-3-5-16(20)15(12)10-19/h2,4,6-8,12,15-16,20H,3,5,9-10H2,1H3. The minimum atomic E-state index is -0.135. The summed E-state index contributed by atoms with van der Waals surface area (Å²) in [5, 5.41) is 12.4. The Kier molecular flexibility index (Phi) is 3.00. The molecule has 3 unspecified atom stereocenters. The third kappa shape index (κ3) is 2.05. The van der Waals surface area contributed by atoms with Gasteiger partial charge in [0, 0.05) is 30.6 Å². The molecule has 21 heavy (non-hydrogen) atoms. The van der Waals surface area contributed by atoms with E-state index in [2.05, 4.69) is 22.0 Å². The van der Waals surface area contributed by atoms with Gasteiger partial charge in [-0.15, -0.1) is 0 Å². The SMILES string of the molecule is COc1ccc2ccnc(N3CC4CCC(O)C4C3)c2c1. The van der Waals surface area contributed by atoms with Gasteiger partial charge in [0.15, 0.2) is 0 Å². The molecule has 2 fully saturated rings. The number of anilines is 1. The number of hydrogen-bond acceptors (Lipinski definition) is 4. The first-order chi connectivity index (χ1) is 10.3. The zero-order chi connectivity index (χ0) is 14.4. The second-order valence-electron chi connectivity index (χ2n) is 6.20. The Morgan fingerprint density at radius 2 is 2.14 bits per heavy atom. The van der Waals surface area contributed by atoms with E-state index in [9.17, 15) is 5.11 Å². The van der Waals surface area contributed by atoms with Crippen LogP contribution in [0.3, 0.4) is 0 Å². The number of nitrogens with zero attached hydrogens (tertiary/aromatic N) is 2. The van der Waals surface area contributed by atoms with Gasteiger partial charge in [0.2, 0.25) is 0 Å². The average Bonchev–Trinajstić information content (AvgIpc) is 3.08. The van der Waals surface area contributed by atoms with Crippen LogP contribution in [0.25, 0.3) is 10.8 Å². The van der Waals surface area contributed by atoms with E-state index in [0.29, 0.717) is 11.8 Å². The normalized spacial score (nSPS) is 28.1. The molecule has 0 radical (unpaired) electrons. The van der Waals surface area contributed by atoms with Crippen LogP contribution in [0.15, 0.2) is 30.5 Å². The number of aliphatic hydroxyl groups is 1. The number of benzene rings is 1. The molecular formula is C17H20N2O2. The Labute approximate surface area is 124 Å². The summed E-state index contributed by atoms with van der Waals surface area (Å²) in [6, 6.07) is 8.14. The molecule has 1 N–H and O–H groups in total. The summed E-state index contributed by atoms with van der Waals surface area (Å²) in [7, 11) is 1.69. The number of aliphatic hydroxyl groups excluding tert-OH is 1. The average molecular weight is 284 g/mol. The fraction of sp³-hybridized carbons (Fsp3) is 0.471. The summed E-state index contributed by atoms with van der Waals surface area (Å²) in [5.41, 5.74) is 0. The number of pyridine rings is 1. The lowest BCUT2D eigenvalue weighted by atomic mass is 10.00. The van der Waals surface area contributed by atoms with Crippen LogP contribution in [0, 0.1) is 11.8 Å². The smallest absolute Gasteiger partial charge is 0.136 e. The van der Waals surface area contributed by atoms with Gasteiger partial charge in [-0.2, -0.15) is 0 Å². The predicted octanol–water partition coefficient (Wildman–Crippen LogP) is 2.45. The summed E-state index contributed by atoms with van der Waals surface area (Å²) in [6.07, 6.45) is 3.83. The van der Waals surface area contributed by atoms with Gasteiger partial charge in [0.05, 0.1) is 13.2 Å². The van der Waals surface area contributed by atoms with E-state index in [0.717, 1.165) is 42.9 Å². The minimum absolute atomic E-state index is 0.135. The summed E-state index contributed by atoms with van der Waals surface area (Å²) in [6.45, 7) is 1.92. The maximum atomic E-state index is 10.1. The second kappa shape index (κ2) is 4.88. The molecule has 2 aliphatic rings. The van der Waals surface area contributed by atoms with Crippen LogP contribution in [0.5, 0.6) is 5.75 Å². The fourth-order valence-corrected chi connectivity index (χ4v) is 3.92. The number of methoxy groups -OCH3 is 1. The van der Waals surface area contributed by atoms with Crippen molar-refractivity contribution in [2.45, 2.75) is 18.9 Å². The molecule has 4 heteroatoms. The molecule has 110 valence electrons. The van der Waals surface area contributed by atoms with Crippen molar-refractivity contribution in [1.82, 2.24) is 4.98 Å². The molecule has 1 aliphatic heterocycles. The van der Waals surface area contributed by atoms with Crippen molar-refractivity contribution < 1.29 is 9.84 Å². The van der Waals surface area contributed by atoms with E-state index in [1.54, 1.807) is 7.11 Å². The highest BCUT2D eigenvalue weighted by molar-refractivity contribution is 5.93. The van der Waals surface area contributed by atoms with E-state index in [1.165, 1.54) is 5.39 Å². The van der Waals surface area contributed by atoms with E-state index in [-0.39, 0.29) is 6.10 Å². The third-order valence-electron chi connectivity index (χ3n) is 5.07. The Bertz CT molecular complexity index is 673. The van der Waals surface area contributed by atoms with Crippen LogP contribution in [-0.2, 0) is 0 Å². The molecular weight excluding hydrogens is 264 g/mol. The molecule has 0 bridgehead atoms. The highest BCUT2D eigenvalue weighted by Crippen LogP contribution is 2.41. The van der Waals surface area contributed by atoms with Crippen LogP contribution in [0.4, 0.5) is 5.82 Å². The van der Waals surface area contributed by atoms with Crippen LogP contribution < -0.4 is 9.64 Å². The lowest BCUT2D eigenvalue weighted by Crippen LogP contribution is -2.25. The molecule has 3 atom stereocenters. The second-order valence-corrected chi connectivity index (χ2v) is 6.20. The van der Waals surface area contributed by atoms with Crippen molar-refractivity contribution in [3.8, 4) is 5.75 Å². The van der Waals surface area contributed by atoms with Gasteiger partial charge in [-0.1, -0.05) is 6.07 Å². The Morgan fingerprint density at radius 3 is 2.95 bits per heavy atom. The van der Waals surface area contributed by atoms with Crippen molar-refractivity contribution in [2.75, 3.05) is 25.1 Å². The lowest BCUT2D eigenvalue weighted by molar-refractivity contribution is 0.133. The molecule has 0 spiro atoms. The van der Waals surface area contributed by atoms with Crippen molar-refractivity contribution >= 4 is 16.6 Å². The van der Waals surface area contributed by atoms with Gasteiger partial charge in [-0.05, 0) is 42.3 Å². The Hall–Kier alpha value is -1.81. The molecule has 1 aromatic heterocycles. The molecule has 2 aromatic rings. The van der Waals surface area contributed by atoms with Gasteiger partial charge < -0.3 is 14.7 Å². The zero-order valence-corrected chi connectivity index (χ0v) is 12.2.